The van der Waals surface area contributed by atoms with Gasteiger partial charge in [-0.2, -0.15) is 0 Å². The number of ether oxygens (including phenoxy) is 2. The Hall–Kier alpha value is -2.30. The summed E-state index contributed by atoms with van der Waals surface area (Å²) in [6, 6.07) is 7.69. The number of nitrogens with one attached hydrogen (secondary N) is 1. The minimum Gasteiger partial charge on any atom is -0.469 e. The van der Waals surface area contributed by atoms with Gasteiger partial charge in [0.05, 0.1) is 26.7 Å². The predicted octanol–water partition coefficient (Wildman–Crippen LogP) is 2.68. The van der Waals surface area contributed by atoms with Crippen molar-refractivity contribution in [1.82, 2.24) is 5.32 Å². The molecule has 0 saturated heterocycles. The SMILES string of the molecule is COC(=O)CC=C1c2ccccc2[C@@H](NC(=O)OC)[C@@H]1C. The molecule has 0 unspecified atom stereocenters. The molecule has 1 aromatic carbocycles. The van der Waals surface area contributed by atoms with Crippen molar-refractivity contribution in [3.63, 3.8) is 0 Å². The number of amides is 1. The normalized spacial score (nSPS) is 21.8. The van der Waals surface area contributed by atoms with Crippen LogP contribution in [-0.4, -0.2) is 26.3 Å². The van der Waals surface area contributed by atoms with E-state index >= 15 is 0 Å². The van der Waals surface area contributed by atoms with Crippen molar-refractivity contribution in [3.05, 3.63) is 41.5 Å². The van der Waals surface area contributed by atoms with Gasteiger partial charge in [-0.1, -0.05) is 37.3 Å². The van der Waals surface area contributed by atoms with Gasteiger partial charge in [-0.15, -0.1) is 0 Å². The lowest BCUT2D eigenvalue weighted by Gasteiger charge is -2.18. The van der Waals surface area contributed by atoms with E-state index in [1.54, 1.807) is 0 Å². The number of carbonyl (C=O) groups is 2. The molecule has 0 bridgehead atoms. The van der Waals surface area contributed by atoms with E-state index in [2.05, 4.69) is 14.8 Å². The second-order valence-electron chi connectivity index (χ2n) is 4.93. The molecular weight excluding hydrogens is 270 g/mol. The average molecular weight is 289 g/mol. The first-order valence-electron chi connectivity index (χ1n) is 6.79. The number of hydrogen-bond acceptors (Lipinski definition) is 4. The Morgan fingerprint density at radius 3 is 2.62 bits per heavy atom. The summed E-state index contributed by atoms with van der Waals surface area (Å²) in [6.45, 7) is 2.02. The Morgan fingerprint density at radius 2 is 1.95 bits per heavy atom. The summed E-state index contributed by atoms with van der Waals surface area (Å²) in [6.07, 6.45) is 1.62. The Kier molecular flexibility index (Phi) is 4.62. The lowest BCUT2D eigenvalue weighted by atomic mass is 9.98. The molecular formula is C16H19NO4. The number of rotatable bonds is 3. The molecule has 21 heavy (non-hydrogen) atoms. The van der Waals surface area contributed by atoms with Crippen LogP contribution in [0.1, 0.15) is 30.5 Å². The van der Waals surface area contributed by atoms with E-state index in [1.807, 2.05) is 37.3 Å². The quantitative estimate of drug-likeness (QED) is 0.869. The minimum absolute atomic E-state index is 0.0613. The third kappa shape index (κ3) is 3.07. The second-order valence-corrected chi connectivity index (χ2v) is 4.93. The predicted molar refractivity (Wildman–Crippen MR) is 78.5 cm³/mol. The fraction of sp³-hybridized carbons (Fsp3) is 0.375. The molecule has 0 heterocycles. The fourth-order valence-electron chi connectivity index (χ4n) is 2.69. The molecule has 1 aliphatic rings. The van der Waals surface area contributed by atoms with Gasteiger partial charge in [0.25, 0.3) is 0 Å². The average Bonchev–Trinajstić information content (AvgIpc) is 2.77. The highest BCUT2D eigenvalue weighted by Gasteiger charge is 2.34. The van der Waals surface area contributed by atoms with Crippen LogP contribution in [-0.2, 0) is 14.3 Å². The van der Waals surface area contributed by atoms with E-state index in [0.717, 1.165) is 16.7 Å². The molecule has 1 N–H and O–H groups in total. The van der Waals surface area contributed by atoms with Crippen molar-refractivity contribution in [3.8, 4) is 0 Å². The van der Waals surface area contributed by atoms with Crippen LogP contribution < -0.4 is 5.32 Å². The molecule has 1 aliphatic carbocycles. The van der Waals surface area contributed by atoms with Crippen molar-refractivity contribution in [2.24, 2.45) is 5.92 Å². The van der Waals surface area contributed by atoms with Gasteiger partial charge in [0.2, 0.25) is 0 Å². The van der Waals surface area contributed by atoms with Gasteiger partial charge >= 0.3 is 12.1 Å². The van der Waals surface area contributed by atoms with E-state index in [4.69, 9.17) is 0 Å². The van der Waals surface area contributed by atoms with Crippen LogP contribution in [0.4, 0.5) is 4.79 Å². The van der Waals surface area contributed by atoms with E-state index in [0.29, 0.717) is 0 Å². The topological polar surface area (TPSA) is 64.6 Å². The zero-order valence-corrected chi connectivity index (χ0v) is 12.4. The molecule has 5 heteroatoms. The summed E-state index contributed by atoms with van der Waals surface area (Å²) < 4.78 is 9.35. The van der Waals surface area contributed by atoms with Crippen LogP contribution in [0.15, 0.2) is 30.3 Å². The molecule has 2 rings (SSSR count). The summed E-state index contributed by atoms with van der Waals surface area (Å²) in [7, 11) is 2.71. The van der Waals surface area contributed by atoms with Crippen LogP contribution in [0, 0.1) is 5.92 Å². The largest absolute Gasteiger partial charge is 0.469 e. The molecule has 0 spiro atoms. The number of esters is 1. The number of benzene rings is 1. The highest BCUT2D eigenvalue weighted by molar-refractivity contribution is 5.81. The standard InChI is InChI=1S/C16H19NO4/c1-10-11(8-9-14(18)20-2)12-6-4-5-7-13(12)15(10)17-16(19)21-3/h4-8,10,15H,9H2,1-3H3,(H,17,19)/t10-,15+/m1/s1. The number of carbonyl (C=O) groups excluding carboxylic acids is 2. The van der Waals surface area contributed by atoms with E-state index in [9.17, 15) is 9.59 Å². The zero-order chi connectivity index (χ0) is 15.4. The van der Waals surface area contributed by atoms with E-state index < -0.39 is 6.09 Å². The van der Waals surface area contributed by atoms with Crippen molar-refractivity contribution in [1.29, 1.82) is 0 Å². The molecule has 0 aliphatic heterocycles. The Bertz CT molecular complexity index is 579. The van der Waals surface area contributed by atoms with Gasteiger partial charge in [0.1, 0.15) is 0 Å². The van der Waals surface area contributed by atoms with Gasteiger partial charge in [-0.05, 0) is 16.7 Å². The maximum Gasteiger partial charge on any atom is 0.407 e. The molecule has 5 nitrogen and oxygen atoms in total. The van der Waals surface area contributed by atoms with E-state index in [1.165, 1.54) is 14.2 Å². The molecule has 1 aromatic rings. The van der Waals surface area contributed by atoms with Crippen LogP contribution in [0.5, 0.6) is 0 Å². The first-order chi connectivity index (χ1) is 10.1. The highest BCUT2D eigenvalue weighted by atomic mass is 16.5. The highest BCUT2D eigenvalue weighted by Crippen LogP contribution is 2.44. The van der Waals surface area contributed by atoms with Crippen molar-refractivity contribution >= 4 is 17.6 Å². The van der Waals surface area contributed by atoms with Gasteiger partial charge in [0, 0.05) is 5.92 Å². The molecule has 2 atom stereocenters. The van der Waals surface area contributed by atoms with Gasteiger partial charge in [-0.3, -0.25) is 4.79 Å². The third-order valence-electron chi connectivity index (χ3n) is 3.77. The van der Waals surface area contributed by atoms with Crippen molar-refractivity contribution in [2.75, 3.05) is 14.2 Å². The second kappa shape index (κ2) is 6.43. The molecule has 0 radical (unpaired) electrons. The number of methoxy groups -OCH3 is 2. The van der Waals surface area contributed by atoms with Gasteiger partial charge < -0.3 is 14.8 Å². The lowest BCUT2D eigenvalue weighted by Crippen LogP contribution is -2.30. The maximum atomic E-state index is 11.5. The first-order valence-corrected chi connectivity index (χ1v) is 6.79. The van der Waals surface area contributed by atoms with Crippen LogP contribution in [0.25, 0.3) is 5.57 Å². The summed E-state index contributed by atoms with van der Waals surface area (Å²) in [4.78, 5) is 22.9. The molecule has 0 saturated carbocycles. The maximum absolute atomic E-state index is 11.5. The van der Waals surface area contributed by atoms with Crippen LogP contribution in [0.2, 0.25) is 0 Å². The van der Waals surface area contributed by atoms with Crippen LogP contribution >= 0.6 is 0 Å². The molecule has 112 valence electrons. The van der Waals surface area contributed by atoms with Crippen LogP contribution in [0.3, 0.4) is 0 Å². The van der Waals surface area contributed by atoms with Gasteiger partial charge in [-0.25, -0.2) is 4.79 Å². The summed E-state index contributed by atoms with van der Waals surface area (Å²) in [5.74, 6) is -0.220. The van der Waals surface area contributed by atoms with E-state index in [-0.39, 0.29) is 24.3 Å². The summed E-state index contributed by atoms with van der Waals surface area (Å²) >= 11 is 0. The lowest BCUT2D eigenvalue weighted by molar-refractivity contribution is -0.139. The Morgan fingerprint density at radius 1 is 1.24 bits per heavy atom. The molecule has 0 fully saturated rings. The van der Waals surface area contributed by atoms with Crippen molar-refractivity contribution in [2.45, 2.75) is 19.4 Å². The molecule has 0 aromatic heterocycles. The minimum atomic E-state index is -0.462. The Labute approximate surface area is 123 Å². The zero-order valence-electron chi connectivity index (χ0n) is 12.4. The van der Waals surface area contributed by atoms with Crippen molar-refractivity contribution < 1.29 is 19.1 Å². The fourth-order valence-corrected chi connectivity index (χ4v) is 2.69. The summed E-state index contributed by atoms with van der Waals surface area (Å²) in [5.41, 5.74) is 3.12. The number of fused-ring (bicyclic) bond motifs is 1. The molecule has 1 amide bonds. The monoisotopic (exact) mass is 289 g/mol. The van der Waals surface area contributed by atoms with Gasteiger partial charge in [0.15, 0.2) is 0 Å². The number of hydrogen-bond donors (Lipinski definition) is 1. The Balaban J connectivity index is 2.32. The summed E-state index contributed by atoms with van der Waals surface area (Å²) in [5, 5.41) is 2.85. The first kappa shape index (κ1) is 15.1. The third-order valence-corrected chi connectivity index (χ3v) is 3.77. The smallest absolute Gasteiger partial charge is 0.407 e. The number of alkyl carbamates (subject to hydrolysis) is 1.